The summed E-state index contributed by atoms with van der Waals surface area (Å²) in [7, 11) is -0.0260. The summed E-state index contributed by atoms with van der Waals surface area (Å²) in [6.07, 6.45) is 2.00. The molecule has 12 heteroatoms. The number of rotatable bonds is 10. The van der Waals surface area contributed by atoms with Crippen LogP contribution in [0.15, 0.2) is 48.4 Å². The Hall–Kier alpha value is -4.03. The van der Waals surface area contributed by atoms with E-state index in [0.717, 1.165) is 29.6 Å². The first-order valence-corrected chi connectivity index (χ1v) is 15.2. The lowest BCUT2D eigenvalue weighted by Gasteiger charge is -2.15. The number of benzene rings is 2. The lowest BCUT2D eigenvalue weighted by Crippen LogP contribution is -2.22. The van der Waals surface area contributed by atoms with Gasteiger partial charge in [-0.1, -0.05) is 19.6 Å². The Morgan fingerprint density at radius 2 is 1.86 bits per heavy atom. The Morgan fingerprint density at radius 3 is 2.49 bits per heavy atom. The third-order valence-corrected chi connectivity index (χ3v) is 6.92. The minimum atomic E-state index is -1.20. The summed E-state index contributed by atoms with van der Waals surface area (Å²) >= 11 is 0. The zero-order valence-corrected chi connectivity index (χ0v) is 22.3. The van der Waals surface area contributed by atoms with E-state index in [-0.39, 0.29) is 11.4 Å². The standard InChI is InChI=1S/C25H29N3O8Si/c1-17-12-18(13-19-15-27(26-23(17)19)16-34-10-11-37(3,4)5)14-22(24(29)33-2)36-25(30)35-21-8-6-20(7-9-21)28(31)32/h6-9,12-15H,10-11,16H2,1-5H3. The van der Waals surface area contributed by atoms with Gasteiger partial charge in [0.2, 0.25) is 5.76 Å². The minimum Gasteiger partial charge on any atom is -0.463 e. The molecule has 11 nitrogen and oxygen atoms in total. The largest absolute Gasteiger partial charge is 0.519 e. The van der Waals surface area contributed by atoms with E-state index in [4.69, 9.17) is 18.9 Å². The summed E-state index contributed by atoms with van der Waals surface area (Å²) in [5.74, 6) is -1.27. The van der Waals surface area contributed by atoms with Gasteiger partial charge in [-0.3, -0.25) is 10.1 Å². The molecule has 1 heterocycles. The molecule has 0 aliphatic heterocycles. The Balaban J connectivity index is 1.75. The smallest absolute Gasteiger partial charge is 0.463 e. The summed E-state index contributed by atoms with van der Waals surface area (Å²) in [6.45, 7) is 9.75. The van der Waals surface area contributed by atoms with E-state index in [1.807, 2.05) is 13.1 Å². The number of nitro groups is 1. The maximum absolute atomic E-state index is 12.3. The van der Waals surface area contributed by atoms with Crippen molar-refractivity contribution in [1.82, 2.24) is 9.78 Å². The molecule has 0 atom stereocenters. The van der Waals surface area contributed by atoms with Gasteiger partial charge in [-0.05, 0) is 54.4 Å². The van der Waals surface area contributed by atoms with Crippen molar-refractivity contribution in [1.29, 1.82) is 0 Å². The lowest BCUT2D eigenvalue weighted by molar-refractivity contribution is -0.384. The van der Waals surface area contributed by atoms with Crippen LogP contribution in [-0.2, 0) is 25.7 Å². The highest BCUT2D eigenvalue weighted by atomic mass is 28.3. The number of non-ortho nitro benzene ring substituents is 1. The molecule has 0 bridgehead atoms. The van der Waals surface area contributed by atoms with Gasteiger partial charge >= 0.3 is 12.1 Å². The summed E-state index contributed by atoms with van der Waals surface area (Å²) in [5.41, 5.74) is 2.04. The van der Waals surface area contributed by atoms with Crippen LogP contribution in [0.3, 0.4) is 0 Å². The molecule has 0 saturated carbocycles. The van der Waals surface area contributed by atoms with E-state index in [0.29, 0.717) is 18.9 Å². The second-order valence-corrected chi connectivity index (χ2v) is 15.1. The molecule has 0 spiro atoms. The van der Waals surface area contributed by atoms with Crippen molar-refractivity contribution in [3.63, 3.8) is 0 Å². The van der Waals surface area contributed by atoms with E-state index in [9.17, 15) is 19.7 Å². The van der Waals surface area contributed by atoms with Crippen LogP contribution in [0.5, 0.6) is 5.75 Å². The van der Waals surface area contributed by atoms with Gasteiger partial charge in [-0.15, -0.1) is 0 Å². The maximum Gasteiger partial charge on any atom is 0.519 e. The number of hydrogen-bond donors (Lipinski definition) is 0. The van der Waals surface area contributed by atoms with Crippen molar-refractivity contribution in [3.05, 3.63) is 69.6 Å². The third-order valence-electron chi connectivity index (χ3n) is 5.22. The molecule has 0 unspecified atom stereocenters. The van der Waals surface area contributed by atoms with Gasteiger partial charge in [0.25, 0.3) is 5.69 Å². The number of hydrogen-bond acceptors (Lipinski definition) is 9. The predicted molar refractivity (Wildman–Crippen MR) is 139 cm³/mol. The van der Waals surface area contributed by atoms with Crippen molar-refractivity contribution in [2.75, 3.05) is 13.7 Å². The molecule has 0 N–H and O–H groups in total. The van der Waals surface area contributed by atoms with E-state index in [2.05, 4.69) is 24.7 Å². The number of nitrogens with zero attached hydrogens (tertiary/aromatic N) is 3. The zero-order valence-electron chi connectivity index (χ0n) is 21.3. The number of ether oxygens (including phenoxy) is 4. The highest BCUT2D eigenvalue weighted by Crippen LogP contribution is 2.23. The first kappa shape index (κ1) is 27.6. The minimum absolute atomic E-state index is 0.0107. The van der Waals surface area contributed by atoms with Gasteiger partial charge < -0.3 is 18.9 Å². The van der Waals surface area contributed by atoms with Crippen LogP contribution < -0.4 is 4.74 Å². The van der Waals surface area contributed by atoms with Crippen LogP contribution in [0.2, 0.25) is 25.7 Å². The molecular weight excluding hydrogens is 498 g/mol. The van der Waals surface area contributed by atoms with Crippen LogP contribution in [0.1, 0.15) is 11.1 Å². The lowest BCUT2D eigenvalue weighted by atomic mass is 10.1. The molecule has 37 heavy (non-hydrogen) atoms. The SMILES string of the molecule is COC(=O)C(=Cc1cc(C)c2nn(COCC[Si](C)(C)C)cc2c1)OC(=O)Oc1ccc([N+](=O)[O-])cc1. The van der Waals surface area contributed by atoms with Crippen LogP contribution in [-0.4, -0.2) is 48.6 Å². The van der Waals surface area contributed by atoms with Crippen molar-refractivity contribution in [3.8, 4) is 5.75 Å². The Labute approximate surface area is 214 Å². The van der Waals surface area contributed by atoms with Gasteiger partial charge in [0.1, 0.15) is 12.5 Å². The van der Waals surface area contributed by atoms with Crippen molar-refractivity contribution in [2.24, 2.45) is 0 Å². The molecule has 1 aromatic heterocycles. The van der Waals surface area contributed by atoms with Gasteiger partial charge in [-0.25, -0.2) is 14.3 Å². The quantitative estimate of drug-likeness (QED) is 0.0504. The monoisotopic (exact) mass is 527 g/mol. The Bertz CT molecular complexity index is 1330. The third kappa shape index (κ3) is 7.98. The number of fused-ring (bicyclic) bond motifs is 1. The second-order valence-electron chi connectivity index (χ2n) is 9.50. The number of nitro benzene ring substituents is 1. The van der Waals surface area contributed by atoms with E-state index < -0.39 is 30.9 Å². The van der Waals surface area contributed by atoms with Crippen molar-refractivity contribution < 1.29 is 33.5 Å². The first-order valence-electron chi connectivity index (χ1n) is 11.4. The molecule has 196 valence electrons. The van der Waals surface area contributed by atoms with Crippen LogP contribution in [0.4, 0.5) is 10.5 Å². The van der Waals surface area contributed by atoms with Crippen molar-refractivity contribution >= 4 is 42.9 Å². The number of aromatic nitrogens is 2. The highest BCUT2D eigenvalue weighted by Gasteiger charge is 2.19. The number of esters is 1. The fourth-order valence-electron chi connectivity index (χ4n) is 3.30. The zero-order chi connectivity index (χ0) is 27.2. The van der Waals surface area contributed by atoms with Gasteiger partial charge in [-0.2, -0.15) is 5.10 Å². The molecule has 3 rings (SSSR count). The summed E-state index contributed by atoms with van der Waals surface area (Å²) in [4.78, 5) is 34.7. The molecule has 0 aliphatic carbocycles. The number of carbonyl (C=O) groups is 2. The first-order chi connectivity index (χ1) is 17.4. The molecule has 0 aliphatic rings. The van der Waals surface area contributed by atoms with E-state index in [1.165, 1.54) is 30.3 Å². The summed E-state index contributed by atoms with van der Waals surface area (Å²) in [5, 5.41) is 16.2. The molecular formula is C25H29N3O8Si. The van der Waals surface area contributed by atoms with Crippen molar-refractivity contribution in [2.45, 2.75) is 39.3 Å². The summed E-state index contributed by atoms with van der Waals surface area (Å²) in [6, 6.07) is 9.48. The average Bonchev–Trinajstić information content (AvgIpc) is 3.24. The molecule has 0 amide bonds. The fraction of sp³-hybridized carbons (Fsp3) is 0.320. The van der Waals surface area contributed by atoms with Crippen LogP contribution in [0, 0.1) is 17.0 Å². The fourth-order valence-corrected chi connectivity index (χ4v) is 4.06. The maximum atomic E-state index is 12.3. The predicted octanol–water partition coefficient (Wildman–Crippen LogP) is 5.29. The number of carbonyl (C=O) groups excluding carboxylic acids is 2. The highest BCUT2D eigenvalue weighted by molar-refractivity contribution is 6.76. The molecule has 0 fully saturated rings. The Kier molecular flexibility index (Phi) is 8.79. The second kappa shape index (κ2) is 11.8. The van der Waals surface area contributed by atoms with Gasteiger partial charge in [0.05, 0.1) is 17.5 Å². The van der Waals surface area contributed by atoms with Crippen LogP contribution >= 0.6 is 0 Å². The number of methoxy groups -OCH3 is 1. The van der Waals surface area contributed by atoms with Gasteiger partial charge in [0, 0.05) is 38.4 Å². The molecule has 0 radical (unpaired) electrons. The van der Waals surface area contributed by atoms with E-state index >= 15 is 0 Å². The summed E-state index contributed by atoms with van der Waals surface area (Å²) < 4.78 is 22.3. The molecule has 3 aromatic rings. The van der Waals surface area contributed by atoms with E-state index in [1.54, 1.807) is 16.8 Å². The average molecular weight is 528 g/mol. The molecule has 2 aromatic carbocycles. The van der Waals surface area contributed by atoms with Gasteiger partial charge in [0.15, 0.2) is 0 Å². The number of aryl methyl sites for hydroxylation is 1. The molecule has 0 saturated heterocycles. The Morgan fingerprint density at radius 1 is 1.16 bits per heavy atom. The van der Waals surface area contributed by atoms with Crippen LogP contribution in [0.25, 0.3) is 17.0 Å². The topological polar surface area (TPSA) is 132 Å². The normalized spacial score (nSPS) is 11.9.